The SMILES string of the molecule is CN(C)C(CNC(=O)CN(C)S(=O)(=O)c1cccs1)c1ccccc1. The molecule has 1 aromatic heterocycles. The molecule has 1 heterocycles. The lowest BCUT2D eigenvalue weighted by atomic mass is 10.1. The zero-order valence-corrected chi connectivity index (χ0v) is 16.2. The summed E-state index contributed by atoms with van der Waals surface area (Å²) in [4.78, 5) is 14.2. The quantitative estimate of drug-likeness (QED) is 0.757. The standard InChI is InChI=1S/C17H23N3O3S2/c1-19(2)15(14-8-5-4-6-9-14)12-18-16(21)13-20(3)25(22,23)17-10-7-11-24-17/h4-11,15H,12-13H2,1-3H3,(H,18,21). The van der Waals surface area contributed by atoms with E-state index in [1.807, 2.05) is 49.3 Å². The Labute approximate surface area is 153 Å². The number of carbonyl (C=O) groups excluding carboxylic acids is 1. The number of benzene rings is 1. The molecule has 25 heavy (non-hydrogen) atoms. The van der Waals surface area contributed by atoms with Gasteiger partial charge in [0, 0.05) is 13.6 Å². The number of thiophene rings is 1. The maximum atomic E-state index is 12.3. The molecule has 136 valence electrons. The summed E-state index contributed by atoms with van der Waals surface area (Å²) in [5.74, 6) is -0.328. The first kappa shape index (κ1) is 19.6. The lowest BCUT2D eigenvalue weighted by Crippen LogP contribution is -2.41. The predicted octanol–water partition coefficient (Wildman–Crippen LogP) is 1.79. The van der Waals surface area contributed by atoms with Gasteiger partial charge in [-0.2, -0.15) is 4.31 Å². The van der Waals surface area contributed by atoms with Crippen molar-refractivity contribution in [3.05, 3.63) is 53.4 Å². The molecule has 0 fully saturated rings. The summed E-state index contributed by atoms with van der Waals surface area (Å²) in [5.41, 5.74) is 1.09. The lowest BCUT2D eigenvalue weighted by Gasteiger charge is -2.25. The van der Waals surface area contributed by atoms with Gasteiger partial charge in [-0.3, -0.25) is 4.79 Å². The van der Waals surface area contributed by atoms with E-state index < -0.39 is 10.0 Å². The molecule has 0 radical (unpaired) electrons. The van der Waals surface area contributed by atoms with Crippen molar-refractivity contribution in [2.24, 2.45) is 0 Å². The molecule has 8 heteroatoms. The minimum atomic E-state index is -3.62. The molecule has 0 aliphatic heterocycles. The van der Waals surface area contributed by atoms with Crippen molar-refractivity contribution in [2.45, 2.75) is 10.3 Å². The monoisotopic (exact) mass is 381 g/mol. The molecular weight excluding hydrogens is 358 g/mol. The van der Waals surface area contributed by atoms with Crippen LogP contribution < -0.4 is 5.32 Å². The molecule has 0 aliphatic rings. The van der Waals surface area contributed by atoms with Crippen LogP contribution in [0.25, 0.3) is 0 Å². The van der Waals surface area contributed by atoms with E-state index in [1.54, 1.807) is 11.4 Å². The van der Waals surface area contributed by atoms with Crippen molar-refractivity contribution in [2.75, 3.05) is 34.2 Å². The van der Waals surface area contributed by atoms with Crippen molar-refractivity contribution in [1.82, 2.24) is 14.5 Å². The van der Waals surface area contributed by atoms with Crippen LogP contribution in [0.5, 0.6) is 0 Å². The van der Waals surface area contributed by atoms with E-state index >= 15 is 0 Å². The number of hydrogen-bond donors (Lipinski definition) is 1. The summed E-state index contributed by atoms with van der Waals surface area (Å²) in [6.07, 6.45) is 0. The van der Waals surface area contributed by atoms with E-state index in [9.17, 15) is 13.2 Å². The average molecular weight is 382 g/mol. The average Bonchev–Trinajstić information content (AvgIpc) is 3.11. The van der Waals surface area contributed by atoms with Crippen LogP contribution in [0.3, 0.4) is 0 Å². The zero-order valence-electron chi connectivity index (χ0n) is 14.5. The van der Waals surface area contributed by atoms with Crippen LogP contribution in [0, 0.1) is 0 Å². The molecule has 2 aromatic rings. The minimum Gasteiger partial charge on any atom is -0.353 e. The van der Waals surface area contributed by atoms with Gasteiger partial charge in [0.05, 0.1) is 12.6 Å². The molecule has 0 saturated heterocycles. The smallest absolute Gasteiger partial charge is 0.252 e. The first-order valence-electron chi connectivity index (χ1n) is 7.80. The summed E-state index contributed by atoms with van der Waals surface area (Å²) >= 11 is 1.14. The van der Waals surface area contributed by atoms with Crippen molar-refractivity contribution >= 4 is 27.3 Å². The van der Waals surface area contributed by atoms with E-state index in [0.717, 1.165) is 21.2 Å². The van der Waals surface area contributed by atoms with Crippen LogP contribution in [0.1, 0.15) is 11.6 Å². The third kappa shape index (κ3) is 5.12. The van der Waals surface area contributed by atoms with E-state index in [0.29, 0.717) is 6.54 Å². The largest absolute Gasteiger partial charge is 0.353 e. The van der Waals surface area contributed by atoms with Crippen LogP contribution in [0.15, 0.2) is 52.1 Å². The van der Waals surface area contributed by atoms with Gasteiger partial charge < -0.3 is 10.2 Å². The fraction of sp³-hybridized carbons (Fsp3) is 0.353. The van der Waals surface area contributed by atoms with Crippen molar-refractivity contribution in [3.8, 4) is 0 Å². The highest BCUT2D eigenvalue weighted by molar-refractivity contribution is 7.91. The number of nitrogens with one attached hydrogen (secondary N) is 1. The lowest BCUT2D eigenvalue weighted by molar-refractivity contribution is -0.121. The van der Waals surface area contributed by atoms with E-state index in [1.165, 1.54) is 13.1 Å². The molecular formula is C17H23N3O3S2. The third-order valence-electron chi connectivity index (χ3n) is 3.83. The fourth-order valence-corrected chi connectivity index (χ4v) is 4.72. The van der Waals surface area contributed by atoms with E-state index in [4.69, 9.17) is 0 Å². The van der Waals surface area contributed by atoms with Gasteiger partial charge in [0.1, 0.15) is 4.21 Å². The normalized spacial score (nSPS) is 13.2. The van der Waals surface area contributed by atoms with Crippen molar-refractivity contribution in [3.63, 3.8) is 0 Å². The van der Waals surface area contributed by atoms with Gasteiger partial charge >= 0.3 is 0 Å². The molecule has 0 bridgehead atoms. The Balaban J connectivity index is 1.95. The van der Waals surface area contributed by atoms with Crippen molar-refractivity contribution < 1.29 is 13.2 Å². The summed E-state index contributed by atoms with van der Waals surface area (Å²) in [6.45, 7) is 0.192. The minimum absolute atomic E-state index is 0.0179. The molecule has 1 N–H and O–H groups in total. The molecule has 6 nitrogen and oxygen atoms in total. The number of rotatable bonds is 8. The summed E-state index contributed by atoms with van der Waals surface area (Å²) in [6, 6.07) is 13.1. The number of carbonyl (C=O) groups is 1. The Bertz CT molecular complexity index is 775. The van der Waals surface area contributed by atoms with Crippen LogP contribution >= 0.6 is 11.3 Å². The highest BCUT2D eigenvalue weighted by Crippen LogP contribution is 2.20. The van der Waals surface area contributed by atoms with Crippen LogP contribution in [0.4, 0.5) is 0 Å². The number of hydrogen-bond acceptors (Lipinski definition) is 5. The highest BCUT2D eigenvalue weighted by Gasteiger charge is 2.24. The van der Waals surface area contributed by atoms with Crippen molar-refractivity contribution in [1.29, 1.82) is 0 Å². The fourth-order valence-electron chi connectivity index (χ4n) is 2.39. The molecule has 0 spiro atoms. The number of likely N-dealkylation sites (N-methyl/N-ethyl adjacent to an activating group) is 2. The molecule has 0 aliphatic carbocycles. The van der Waals surface area contributed by atoms with Gasteiger partial charge in [0.2, 0.25) is 5.91 Å². The van der Waals surface area contributed by atoms with E-state index in [2.05, 4.69) is 5.32 Å². The number of nitrogens with zero attached hydrogens (tertiary/aromatic N) is 2. The Morgan fingerprint density at radius 3 is 2.36 bits per heavy atom. The Morgan fingerprint density at radius 1 is 1.12 bits per heavy atom. The Kier molecular flexibility index (Phi) is 6.71. The second-order valence-electron chi connectivity index (χ2n) is 5.89. The number of amides is 1. The summed E-state index contributed by atoms with van der Waals surface area (Å²) in [7, 11) is 1.68. The van der Waals surface area contributed by atoms with Crippen LogP contribution in [0.2, 0.25) is 0 Å². The maximum Gasteiger partial charge on any atom is 0.252 e. The molecule has 1 atom stereocenters. The topological polar surface area (TPSA) is 69.7 Å². The number of sulfonamides is 1. The van der Waals surface area contributed by atoms with Gasteiger partial charge in [0.15, 0.2) is 0 Å². The molecule has 1 unspecified atom stereocenters. The van der Waals surface area contributed by atoms with Gasteiger partial charge in [0.25, 0.3) is 10.0 Å². The summed E-state index contributed by atoms with van der Waals surface area (Å²) in [5, 5.41) is 4.52. The van der Waals surface area contributed by atoms with Gasteiger partial charge in [-0.1, -0.05) is 36.4 Å². The highest BCUT2D eigenvalue weighted by atomic mass is 32.2. The molecule has 1 aromatic carbocycles. The van der Waals surface area contributed by atoms with Gasteiger partial charge in [-0.05, 0) is 31.1 Å². The van der Waals surface area contributed by atoms with Crippen LogP contribution in [-0.2, 0) is 14.8 Å². The summed E-state index contributed by atoms with van der Waals surface area (Å²) < 4.78 is 26.0. The molecule has 2 rings (SSSR count). The Hall–Kier alpha value is -1.74. The molecule has 0 saturated carbocycles. The van der Waals surface area contributed by atoms with Gasteiger partial charge in [-0.15, -0.1) is 11.3 Å². The Morgan fingerprint density at radius 2 is 1.80 bits per heavy atom. The predicted molar refractivity (Wildman–Crippen MR) is 100 cm³/mol. The van der Waals surface area contributed by atoms with E-state index in [-0.39, 0.29) is 22.7 Å². The second kappa shape index (κ2) is 8.57. The van der Waals surface area contributed by atoms with Crippen LogP contribution in [-0.4, -0.2) is 57.8 Å². The molecule has 1 amide bonds. The zero-order chi connectivity index (χ0) is 18.4. The maximum absolute atomic E-state index is 12.3. The first-order valence-corrected chi connectivity index (χ1v) is 10.1. The van der Waals surface area contributed by atoms with Gasteiger partial charge in [-0.25, -0.2) is 8.42 Å². The second-order valence-corrected chi connectivity index (χ2v) is 9.11. The first-order chi connectivity index (χ1) is 11.8. The third-order valence-corrected chi connectivity index (χ3v) is 7.00.